The van der Waals surface area contributed by atoms with Gasteiger partial charge in [-0.15, -0.1) is 35.3 Å². The second-order valence-corrected chi connectivity index (χ2v) is 7.91. The normalized spacial score (nSPS) is 19.4. The number of hydrogen-bond acceptors (Lipinski definition) is 4. The Morgan fingerprint density at radius 3 is 2.75 bits per heavy atom. The molecule has 0 spiro atoms. The summed E-state index contributed by atoms with van der Waals surface area (Å²) in [6, 6.07) is 0. The molecule has 138 valence electrons. The Hall–Kier alpha value is -0.230. The Balaban J connectivity index is 0.00000288. The second-order valence-electron chi connectivity index (χ2n) is 5.62. The molecule has 24 heavy (non-hydrogen) atoms. The summed E-state index contributed by atoms with van der Waals surface area (Å²) in [6.45, 7) is 6.44. The summed E-state index contributed by atoms with van der Waals surface area (Å²) >= 11 is 2.97. The predicted molar refractivity (Wildman–Crippen MR) is 105 cm³/mol. The second kappa shape index (κ2) is 9.46. The first-order valence-corrected chi connectivity index (χ1v) is 9.33. The van der Waals surface area contributed by atoms with Crippen LogP contribution in [0.2, 0.25) is 0 Å². The van der Waals surface area contributed by atoms with E-state index in [-0.39, 0.29) is 30.5 Å². The SMILES string of the molecule is CN=C(NCc1nc(C(F)(F)F)cs1)N1CCSC(C(C)C)C1.I. The summed E-state index contributed by atoms with van der Waals surface area (Å²) in [4.78, 5) is 10.0. The number of hydrogen-bond donors (Lipinski definition) is 1. The van der Waals surface area contributed by atoms with Crippen molar-refractivity contribution in [3.05, 3.63) is 16.1 Å². The van der Waals surface area contributed by atoms with E-state index in [2.05, 4.69) is 34.0 Å². The number of nitrogens with one attached hydrogen (secondary N) is 1. The molecule has 1 N–H and O–H groups in total. The fourth-order valence-electron chi connectivity index (χ4n) is 2.28. The van der Waals surface area contributed by atoms with Gasteiger partial charge in [0.25, 0.3) is 0 Å². The lowest BCUT2D eigenvalue weighted by Crippen LogP contribution is -2.48. The number of thioether (sulfide) groups is 1. The molecule has 0 bridgehead atoms. The molecule has 10 heteroatoms. The summed E-state index contributed by atoms with van der Waals surface area (Å²) in [5, 5.41) is 5.12. The highest BCUT2D eigenvalue weighted by Crippen LogP contribution is 2.30. The van der Waals surface area contributed by atoms with E-state index >= 15 is 0 Å². The van der Waals surface area contributed by atoms with Gasteiger partial charge in [0, 0.05) is 36.5 Å². The maximum absolute atomic E-state index is 12.6. The molecule has 2 heterocycles. The summed E-state index contributed by atoms with van der Waals surface area (Å²) in [6.07, 6.45) is -4.38. The average Bonchev–Trinajstić information content (AvgIpc) is 2.97. The van der Waals surface area contributed by atoms with Gasteiger partial charge in [-0.3, -0.25) is 4.99 Å². The van der Waals surface area contributed by atoms with E-state index in [1.807, 2.05) is 11.8 Å². The maximum Gasteiger partial charge on any atom is 0.434 e. The zero-order valence-corrected chi connectivity index (χ0v) is 17.7. The van der Waals surface area contributed by atoms with Crippen molar-refractivity contribution in [2.24, 2.45) is 10.9 Å². The van der Waals surface area contributed by atoms with Crippen molar-refractivity contribution in [2.75, 3.05) is 25.9 Å². The monoisotopic (exact) mass is 494 g/mol. The minimum Gasteiger partial charge on any atom is -0.350 e. The molecule has 1 saturated heterocycles. The van der Waals surface area contributed by atoms with Gasteiger partial charge >= 0.3 is 6.18 Å². The van der Waals surface area contributed by atoms with Gasteiger partial charge in [0.1, 0.15) is 5.01 Å². The molecule has 1 aromatic heterocycles. The van der Waals surface area contributed by atoms with Gasteiger partial charge in [0.15, 0.2) is 11.7 Å². The van der Waals surface area contributed by atoms with Gasteiger partial charge in [-0.05, 0) is 5.92 Å². The van der Waals surface area contributed by atoms with E-state index in [1.54, 1.807) is 7.05 Å². The van der Waals surface area contributed by atoms with Crippen LogP contribution >= 0.6 is 47.1 Å². The van der Waals surface area contributed by atoms with E-state index < -0.39 is 11.9 Å². The first-order valence-electron chi connectivity index (χ1n) is 7.40. The molecule has 1 unspecified atom stereocenters. The summed E-state index contributed by atoms with van der Waals surface area (Å²) in [5.74, 6) is 2.33. The number of nitrogens with zero attached hydrogens (tertiary/aromatic N) is 3. The number of aliphatic imine (C=N–C) groups is 1. The lowest BCUT2D eigenvalue weighted by Gasteiger charge is -2.36. The van der Waals surface area contributed by atoms with Crippen LogP contribution in [0, 0.1) is 5.92 Å². The molecular weight excluding hydrogens is 472 g/mol. The first kappa shape index (κ1) is 21.8. The van der Waals surface area contributed by atoms with Crippen LogP contribution in [0.5, 0.6) is 0 Å². The van der Waals surface area contributed by atoms with Crippen LogP contribution in [0.1, 0.15) is 24.5 Å². The van der Waals surface area contributed by atoms with Crippen LogP contribution in [0.25, 0.3) is 0 Å². The third kappa shape index (κ3) is 5.94. The lowest BCUT2D eigenvalue weighted by atomic mass is 10.1. The third-order valence-electron chi connectivity index (χ3n) is 3.59. The molecule has 2 rings (SSSR count). The number of alkyl halides is 3. The van der Waals surface area contributed by atoms with E-state index in [9.17, 15) is 13.2 Å². The van der Waals surface area contributed by atoms with E-state index in [1.165, 1.54) is 0 Å². The van der Waals surface area contributed by atoms with Crippen LogP contribution in [0.3, 0.4) is 0 Å². The summed E-state index contributed by atoms with van der Waals surface area (Å²) < 4.78 is 37.7. The fraction of sp³-hybridized carbons (Fsp3) is 0.714. The van der Waals surface area contributed by atoms with Crippen LogP contribution in [-0.4, -0.2) is 47.0 Å². The molecule has 1 atom stereocenters. The molecule has 0 saturated carbocycles. The Morgan fingerprint density at radius 2 is 2.21 bits per heavy atom. The molecule has 0 radical (unpaired) electrons. The van der Waals surface area contributed by atoms with Gasteiger partial charge in [0.05, 0.1) is 6.54 Å². The third-order valence-corrected chi connectivity index (χ3v) is 5.98. The van der Waals surface area contributed by atoms with Gasteiger partial charge in [0.2, 0.25) is 0 Å². The minimum absolute atomic E-state index is 0. The molecule has 1 aromatic rings. The lowest BCUT2D eigenvalue weighted by molar-refractivity contribution is -0.140. The highest BCUT2D eigenvalue weighted by Gasteiger charge is 2.33. The van der Waals surface area contributed by atoms with Crippen LogP contribution < -0.4 is 5.32 Å². The Kier molecular flexibility index (Phi) is 8.60. The number of rotatable bonds is 3. The number of guanidine groups is 1. The van der Waals surface area contributed by atoms with Crippen LogP contribution in [0.4, 0.5) is 13.2 Å². The molecular formula is C14H22F3IN4S2. The molecule has 0 aliphatic carbocycles. The zero-order valence-electron chi connectivity index (χ0n) is 13.8. The summed E-state index contributed by atoms with van der Waals surface area (Å²) in [5.41, 5.74) is -0.830. The maximum atomic E-state index is 12.6. The van der Waals surface area contributed by atoms with Crippen molar-refractivity contribution in [2.45, 2.75) is 31.8 Å². The average molecular weight is 494 g/mol. The number of aromatic nitrogens is 1. The predicted octanol–water partition coefficient (Wildman–Crippen LogP) is 3.93. The number of thiazole rings is 1. The van der Waals surface area contributed by atoms with E-state index in [0.717, 1.165) is 41.5 Å². The van der Waals surface area contributed by atoms with Gasteiger partial charge < -0.3 is 10.2 Å². The van der Waals surface area contributed by atoms with E-state index in [0.29, 0.717) is 16.2 Å². The summed E-state index contributed by atoms with van der Waals surface area (Å²) in [7, 11) is 1.69. The van der Waals surface area contributed by atoms with Crippen molar-refractivity contribution < 1.29 is 13.2 Å². The van der Waals surface area contributed by atoms with E-state index in [4.69, 9.17) is 0 Å². The van der Waals surface area contributed by atoms with Crippen molar-refractivity contribution in [1.82, 2.24) is 15.2 Å². The smallest absolute Gasteiger partial charge is 0.350 e. The Bertz CT molecular complexity index is 548. The van der Waals surface area contributed by atoms with Gasteiger partial charge in [-0.1, -0.05) is 13.8 Å². The zero-order chi connectivity index (χ0) is 17.0. The molecule has 0 amide bonds. The van der Waals surface area contributed by atoms with Crippen molar-refractivity contribution >= 4 is 53.0 Å². The number of halogens is 4. The highest BCUT2D eigenvalue weighted by atomic mass is 127. The van der Waals surface area contributed by atoms with Crippen molar-refractivity contribution in [3.63, 3.8) is 0 Å². The Labute approximate surface area is 165 Å². The fourth-order valence-corrected chi connectivity index (χ4v) is 4.32. The van der Waals surface area contributed by atoms with Gasteiger partial charge in [-0.2, -0.15) is 24.9 Å². The molecule has 1 fully saturated rings. The Morgan fingerprint density at radius 1 is 1.50 bits per heavy atom. The highest BCUT2D eigenvalue weighted by molar-refractivity contribution is 14.0. The molecule has 0 aromatic carbocycles. The minimum atomic E-state index is -4.38. The first-order chi connectivity index (χ1) is 10.8. The molecule has 4 nitrogen and oxygen atoms in total. The molecule has 1 aliphatic heterocycles. The topological polar surface area (TPSA) is 40.5 Å². The standard InChI is InChI=1S/C14H21F3N4S2.HI/c1-9(2)10-7-21(4-5-22-10)13(18-3)19-6-12-20-11(8-23-12)14(15,16)17;/h8-10H,4-7H2,1-3H3,(H,18,19);1H. The van der Waals surface area contributed by atoms with Crippen molar-refractivity contribution in [3.8, 4) is 0 Å². The van der Waals surface area contributed by atoms with Crippen LogP contribution in [-0.2, 0) is 12.7 Å². The van der Waals surface area contributed by atoms with Crippen LogP contribution in [0.15, 0.2) is 10.4 Å². The quantitative estimate of drug-likeness (QED) is 0.393. The largest absolute Gasteiger partial charge is 0.434 e. The van der Waals surface area contributed by atoms with Crippen molar-refractivity contribution in [1.29, 1.82) is 0 Å². The van der Waals surface area contributed by atoms with Gasteiger partial charge in [-0.25, -0.2) is 4.98 Å². The molecule has 1 aliphatic rings.